The second kappa shape index (κ2) is 6.57. The Morgan fingerprint density at radius 2 is 1.96 bits per heavy atom. The van der Waals surface area contributed by atoms with Crippen molar-refractivity contribution in [1.29, 1.82) is 0 Å². The van der Waals surface area contributed by atoms with E-state index in [1.807, 2.05) is 10.6 Å². The van der Waals surface area contributed by atoms with Gasteiger partial charge in [0, 0.05) is 32.2 Å². The molecule has 0 spiro atoms. The Bertz CT molecular complexity index is 799. The highest BCUT2D eigenvalue weighted by Gasteiger charge is 2.22. The smallest absolute Gasteiger partial charge is 0.180 e. The van der Waals surface area contributed by atoms with Crippen LogP contribution in [-0.2, 0) is 6.54 Å². The Kier molecular flexibility index (Phi) is 4.13. The first-order valence-electron chi connectivity index (χ1n) is 8.48. The summed E-state index contributed by atoms with van der Waals surface area (Å²) >= 11 is 0. The fourth-order valence-corrected chi connectivity index (χ4v) is 3.36. The van der Waals surface area contributed by atoms with E-state index in [-0.39, 0.29) is 0 Å². The summed E-state index contributed by atoms with van der Waals surface area (Å²) < 4.78 is 2.02. The lowest BCUT2D eigenvalue weighted by molar-refractivity contribution is 0.212. The van der Waals surface area contributed by atoms with Crippen molar-refractivity contribution in [3.05, 3.63) is 54.6 Å². The first-order valence-corrected chi connectivity index (χ1v) is 8.48. The van der Waals surface area contributed by atoms with Crippen LogP contribution in [0.4, 0.5) is 5.82 Å². The Balaban J connectivity index is 1.52. The number of fused-ring (bicyclic) bond motifs is 1. The van der Waals surface area contributed by atoms with Crippen molar-refractivity contribution in [3.63, 3.8) is 0 Å². The Morgan fingerprint density at radius 3 is 2.83 bits per heavy atom. The van der Waals surface area contributed by atoms with E-state index in [2.05, 4.69) is 62.2 Å². The molecule has 1 aromatic carbocycles. The van der Waals surface area contributed by atoms with Crippen LogP contribution in [-0.4, -0.2) is 50.2 Å². The minimum absolute atomic E-state index is 0.559. The molecule has 1 fully saturated rings. The molecule has 0 aliphatic carbocycles. The third-order valence-corrected chi connectivity index (χ3v) is 4.85. The Hall–Kier alpha value is -2.47. The molecule has 0 N–H and O–H groups in total. The molecule has 0 saturated carbocycles. The van der Waals surface area contributed by atoms with Crippen molar-refractivity contribution >= 4 is 11.5 Å². The van der Waals surface area contributed by atoms with Gasteiger partial charge in [0.05, 0.1) is 12.4 Å². The van der Waals surface area contributed by atoms with E-state index in [0.717, 1.165) is 44.1 Å². The van der Waals surface area contributed by atoms with Crippen LogP contribution in [0, 0.1) is 0 Å². The second-order valence-corrected chi connectivity index (χ2v) is 6.41. The average Bonchev–Trinajstić information content (AvgIpc) is 3.03. The molecule has 1 aliphatic rings. The van der Waals surface area contributed by atoms with Crippen LogP contribution in [0.5, 0.6) is 0 Å². The molecular formula is C18H22N6. The molecule has 6 heteroatoms. The van der Waals surface area contributed by atoms with Crippen molar-refractivity contribution in [2.75, 3.05) is 24.5 Å². The maximum absolute atomic E-state index is 4.32. The zero-order valence-corrected chi connectivity index (χ0v) is 13.9. The van der Waals surface area contributed by atoms with Gasteiger partial charge in [-0.2, -0.15) is 0 Å². The molecule has 1 aliphatic heterocycles. The average molecular weight is 322 g/mol. The molecule has 1 unspecified atom stereocenters. The lowest BCUT2D eigenvalue weighted by Gasteiger charge is -2.26. The predicted octanol–water partition coefficient (Wildman–Crippen LogP) is 2.23. The van der Waals surface area contributed by atoms with Gasteiger partial charge >= 0.3 is 0 Å². The monoisotopic (exact) mass is 322 g/mol. The minimum atomic E-state index is 0.559. The van der Waals surface area contributed by atoms with E-state index in [9.17, 15) is 0 Å². The standard InChI is InChI=1S/C18H22N6/c1-15-7-8-22(18-12-19-11-17-21-20-14-24(17)18)9-10-23(15)13-16-5-3-2-4-6-16/h2-6,11-12,14-15H,7-10,13H2,1H3. The van der Waals surface area contributed by atoms with Crippen molar-refractivity contribution in [2.45, 2.75) is 25.9 Å². The molecule has 1 atom stereocenters. The first kappa shape index (κ1) is 15.1. The minimum Gasteiger partial charge on any atom is -0.355 e. The van der Waals surface area contributed by atoms with Crippen LogP contribution in [0.15, 0.2) is 49.1 Å². The molecule has 1 saturated heterocycles. The highest BCUT2D eigenvalue weighted by Crippen LogP contribution is 2.20. The molecule has 3 aromatic rings. The van der Waals surface area contributed by atoms with Gasteiger partial charge < -0.3 is 4.90 Å². The van der Waals surface area contributed by atoms with Crippen LogP contribution in [0.2, 0.25) is 0 Å². The van der Waals surface area contributed by atoms with Crippen molar-refractivity contribution in [3.8, 4) is 0 Å². The molecule has 4 rings (SSSR count). The van der Waals surface area contributed by atoms with Gasteiger partial charge in [-0.3, -0.25) is 14.3 Å². The van der Waals surface area contributed by atoms with Crippen LogP contribution in [0.3, 0.4) is 0 Å². The van der Waals surface area contributed by atoms with Crippen molar-refractivity contribution in [1.82, 2.24) is 24.5 Å². The van der Waals surface area contributed by atoms with E-state index < -0.39 is 0 Å². The topological polar surface area (TPSA) is 49.6 Å². The highest BCUT2D eigenvalue weighted by molar-refractivity contribution is 5.47. The maximum Gasteiger partial charge on any atom is 0.180 e. The van der Waals surface area contributed by atoms with Gasteiger partial charge in [0.1, 0.15) is 12.1 Å². The van der Waals surface area contributed by atoms with Crippen LogP contribution in [0.1, 0.15) is 18.9 Å². The zero-order valence-electron chi connectivity index (χ0n) is 13.9. The maximum atomic E-state index is 4.32. The second-order valence-electron chi connectivity index (χ2n) is 6.41. The molecule has 2 aromatic heterocycles. The van der Waals surface area contributed by atoms with Gasteiger partial charge in [0.25, 0.3) is 0 Å². The SMILES string of the molecule is CC1CCN(c2cncc3nncn23)CCN1Cc1ccccc1. The largest absolute Gasteiger partial charge is 0.355 e. The number of anilines is 1. The summed E-state index contributed by atoms with van der Waals surface area (Å²) in [7, 11) is 0. The highest BCUT2D eigenvalue weighted by atomic mass is 15.3. The van der Waals surface area contributed by atoms with Gasteiger partial charge in [-0.15, -0.1) is 10.2 Å². The summed E-state index contributed by atoms with van der Waals surface area (Å²) in [5, 5.41) is 8.10. The number of benzene rings is 1. The molecule has 3 heterocycles. The Morgan fingerprint density at radius 1 is 1.08 bits per heavy atom. The van der Waals surface area contributed by atoms with E-state index >= 15 is 0 Å². The summed E-state index contributed by atoms with van der Waals surface area (Å²) in [5.41, 5.74) is 2.17. The summed E-state index contributed by atoms with van der Waals surface area (Å²) in [6.45, 7) is 6.37. The normalized spacial score (nSPS) is 19.5. The Labute approximate surface area is 141 Å². The fourth-order valence-electron chi connectivity index (χ4n) is 3.36. The quantitative estimate of drug-likeness (QED) is 0.740. The van der Waals surface area contributed by atoms with Gasteiger partial charge in [-0.05, 0) is 18.9 Å². The summed E-state index contributed by atoms with van der Waals surface area (Å²) in [6, 6.07) is 11.3. The van der Waals surface area contributed by atoms with Gasteiger partial charge in [-0.25, -0.2) is 0 Å². The molecule has 0 radical (unpaired) electrons. The number of rotatable bonds is 3. The predicted molar refractivity (Wildman–Crippen MR) is 93.9 cm³/mol. The fraction of sp³-hybridized carbons (Fsp3) is 0.389. The third kappa shape index (κ3) is 2.97. The van der Waals surface area contributed by atoms with Crippen molar-refractivity contribution < 1.29 is 0 Å². The lowest BCUT2D eigenvalue weighted by Crippen LogP contribution is -2.34. The molecule has 24 heavy (non-hydrogen) atoms. The number of hydrogen-bond acceptors (Lipinski definition) is 5. The van der Waals surface area contributed by atoms with Crippen LogP contribution < -0.4 is 4.90 Å². The van der Waals surface area contributed by atoms with Crippen molar-refractivity contribution in [2.24, 2.45) is 0 Å². The van der Waals surface area contributed by atoms with E-state index in [1.165, 1.54) is 5.56 Å². The summed E-state index contributed by atoms with van der Waals surface area (Å²) in [6.07, 6.45) is 6.56. The third-order valence-electron chi connectivity index (χ3n) is 4.85. The summed E-state index contributed by atoms with van der Waals surface area (Å²) in [4.78, 5) is 9.28. The number of hydrogen-bond donors (Lipinski definition) is 0. The molecule has 0 amide bonds. The zero-order chi connectivity index (χ0) is 16.4. The lowest BCUT2D eigenvalue weighted by atomic mass is 10.1. The molecular weight excluding hydrogens is 300 g/mol. The van der Waals surface area contributed by atoms with Gasteiger partial charge in [0.2, 0.25) is 0 Å². The number of aromatic nitrogens is 4. The van der Waals surface area contributed by atoms with E-state index in [1.54, 1.807) is 12.5 Å². The van der Waals surface area contributed by atoms with Crippen LogP contribution >= 0.6 is 0 Å². The summed E-state index contributed by atoms with van der Waals surface area (Å²) in [5.74, 6) is 1.08. The number of nitrogens with zero attached hydrogens (tertiary/aromatic N) is 6. The van der Waals surface area contributed by atoms with Gasteiger partial charge in [-0.1, -0.05) is 30.3 Å². The van der Waals surface area contributed by atoms with E-state index in [0.29, 0.717) is 6.04 Å². The molecule has 0 bridgehead atoms. The van der Waals surface area contributed by atoms with Crippen LogP contribution in [0.25, 0.3) is 5.65 Å². The van der Waals surface area contributed by atoms with Gasteiger partial charge in [0.15, 0.2) is 5.65 Å². The van der Waals surface area contributed by atoms with E-state index in [4.69, 9.17) is 0 Å². The molecule has 124 valence electrons. The first-order chi connectivity index (χ1) is 11.8. The molecule has 6 nitrogen and oxygen atoms in total.